The first kappa shape index (κ1) is 24.5. The second-order valence-electron chi connectivity index (χ2n) is 8.45. The lowest BCUT2D eigenvalue weighted by Crippen LogP contribution is -2.36. The van der Waals surface area contributed by atoms with Gasteiger partial charge in [-0.05, 0) is 66.9 Å². The van der Waals surface area contributed by atoms with Crippen LogP contribution >= 0.6 is 0 Å². The molecule has 184 valence electrons. The fraction of sp³-hybridized carbons (Fsp3) is 0.179. The van der Waals surface area contributed by atoms with Crippen molar-refractivity contribution in [3.63, 3.8) is 0 Å². The van der Waals surface area contributed by atoms with Crippen LogP contribution in [0.4, 0.5) is 5.69 Å². The minimum absolute atomic E-state index is 0.0714. The molecule has 0 aliphatic heterocycles. The van der Waals surface area contributed by atoms with E-state index in [2.05, 4.69) is 10.3 Å². The van der Waals surface area contributed by atoms with Crippen LogP contribution in [0.1, 0.15) is 37.7 Å². The number of aryl methyl sites for hydroxylation is 3. The number of amides is 1. The smallest absolute Gasteiger partial charge is 0.337 e. The fourth-order valence-electron chi connectivity index (χ4n) is 4.33. The molecule has 1 heterocycles. The number of nitrogens with one attached hydrogen (secondary N) is 2. The zero-order valence-corrected chi connectivity index (χ0v) is 20.8. The van der Waals surface area contributed by atoms with Crippen LogP contribution in [0.3, 0.4) is 0 Å². The van der Waals surface area contributed by atoms with Crippen LogP contribution in [0.5, 0.6) is 5.75 Å². The standard InChI is InChI=1S/C28H27N3O5/c1-16-8-6-9-17(2)24(16)22-15-19(12-13-23(22)35-4)26-29-18(3)25(31(26)34)27(32)30-21-11-7-10-20(14-21)28(33)36-5/h6-15,29H,1-5H3,(H,30,32). The number of esters is 1. The lowest BCUT2D eigenvalue weighted by Gasteiger charge is -2.15. The van der Waals surface area contributed by atoms with Crippen molar-refractivity contribution in [2.45, 2.75) is 20.8 Å². The van der Waals surface area contributed by atoms with Gasteiger partial charge in [0.05, 0.1) is 25.3 Å². The Bertz CT molecular complexity index is 1450. The maximum Gasteiger partial charge on any atom is 0.337 e. The van der Waals surface area contributed by atoms with Gasteiger partial charge in [0.25, 0.3) is 11.7 Å². The van der Waals surface area contributed by atoms with Gasteiger partial charge in [0.1, 0.15) is 5.75 Å². The van der Waals surface area contributed by atoms with Crippen LogP contribution in [0.15, 0.2) is 60.7 Å². The molecule has 0 bridgehead atoms. The number of rotatable bonds is 6. The molecule has 4 aromatic rings. The van der Waals surface area contributed by atoms with E-state index in [9.17, 15) is 14.8 Å². The van der Waals surface area contributed by atoms with Crippen LogP contribution < -0.4 is 14.8 Å². The summed E-state index contributed by atoms with van der Waals surface area (Å²) in [5, 5.41) is 16.0. The van der Waals surface area contributed by atoms with Gasteiger partial charge in [-0.2, -0.15) is 0 Å². The molecule has 4 rings (SSSR count). The molecule has 0 radical (unpaired) electrons. The van der Waals surface area contributed by atoms with Gasteiger partial charge in [0, 0.05) is 18.2 Å². The monoisotopic (exact) mass is 485 g/mol. The third kappa shape index (κ3) is 4.53. The molecule has 0 saturated carbocycles. The fourth-order valence-corrected chi connectivity index (χ4v) is 4.33. The molecule has 1 amide bonds. The highest BCUT2D eigenvalue weighted by Crippen LogP contribution is 2.37. The van der Waals surface area contributed by atoms with E-state index in [0.717, 1.165) is 22.3 Å². The lowest BCUT2D eigenvalue weighted by atomic mass is 9.93. The summed E-state index contributed by atoms with van der Waals surface area (Å²) in [4.78, 5) is 27.9. The number of ether oxygens (including phenoxy) is 2. The van der Waals surface area contributed by atoms with Gasteiger partial charge < -0.3 is 20.0 Å². The Balaban J connectivity index is 1.73. The zero-order valence-electron chi connectivity index (χ0n) is 20.8. The summed E-state index contributed by atoms with van der Waals surface area (Å²) in [6.45, 7) is 5.71. The van der Waals surface area contributed by atoms with E-state index >= 15 is 0 Å². The molecule has 1 aromatic heterocycles. The Morgan fingerprint density at radius 2 is 1.64 bits per heavy atom. The van der Waals surface area contributed by atoms with Crippen molar-refractivity contribution in [3.8, 4) is 28.3 Å². The molecule has 0 atom stereocenters. The largest absolute Gasteiger partial charge is 0.710 e. The van der Waals surface area contributed by atoms with Gasteiger partial charge in [-0.25, -0.2) is 14.5 Å². The number of hydrogen-bond donors (Lipinski definition) is 2. The summed E-state index contributed by atoms with van der Waals surface area (Å²) < 4.78 is 10.9. The summed E-state index contributed by atoms with van der Waals surface area (Å²) >= 11 is 0. The Hall–Kier alpha value is -4.59. The first-order valence-electron chi connectivity index (χ1n) is 11.3. The predicted octanol–water partition coefficient (Wildman–Crippen LogP) is 4.95. The molecule has 0 aliphatic rings. The number of nitrogens with zero attached hydrogens (tertiary/aromatic N) is 1. The Morgan fingerprint density at radius 1 is 0.944 bits per heavy atom. The minimum Gasteiger partial charge on any atom is -0.710 e. The van der Waals surface area contributed by atoms with Gasteiger partial charge in [-0.3, -0.25) is 4.79 Å². The zero-order chi connectivity index (χ0) is 26.0. The Kier molecular flexibility index (Phi) is 6.78. The van der Waals surface area contributed by atoms with Crippen LogP contribution in [-0.2, 0) is 4.74 Å². The maximum absolute atomic E-state index is 13.3. The van der Waals surface area contributed by atoms with E-state index in [0.29, 0.717) is 27.4 Å². The summed E-state index contributed by atoms with van der Waals surface area (Å²) in [5.74, 6) is -0.212. The molecule has 0 saturated heterocycles. The van der Waals surface area contributed by atoms with Crippen molar-refractivity contribution in [2.75, 3.05) is 19.5 Å². The molecule has 0 unspecified atom stereocenters. The molecule has 0 aliphatic carbocycles. The maximum atomic E-state index is 13.3. The highest BCUT2D eigenvalue weighted by Gasteiger charge is 2.26. The van der Waals surface area contributed by atoms with Crippen LogP contribution in [0.2, 0.25) is 0 Å². The number of imidazole rings is 1. The van der Waals surface area contributed by atoms with E-state index in [1.54, 1.807) is 38.3 Å². The van der Waals surface area contributed by atoms with Gasteiger partial charge in [-0.15, -0.1) is 0 Å². The molecule has 2 N–H and O–H groups in total. The number of anilines is 1. The number of aromatic amines is 1. The summed E-state index contributed by atoms with van der Waals surface area (Å²) in [5.41, 5.74) is 5.64. The van der Waals surface area contributed by atoms with E-state index in [1.165, 1.54) is 13.2 Å². The Morgan fingerprint density at radius 3 is 2.31 bits per heavy atom. The van der Waals surface area contributed by atoms with Gasteiger partial charge in [0.2, 0.25) is 5.69 Å². The number of methoxy groups -OCH3 is 2. The molecule has 8 nitrogen and oxygen atoms in total. The predicted molar refractivity (Wildman–Crippen MR) is 137 cm³/mol. The van der Waals surface area contributed by atoms with Crippen molar-refractivity contribution in [2.24, 2.45) is 0 Å². The number of carbonyl (C=O) groups excluding carboxylic acids is 2. The van der Waals surface area contributed by atoms with E-state index in [4.69, 9.17) is 9.47 Å². The minimum atomic E-state index is -0.601. The van der Waals surface area contributed by atoms with Gasteiger partial charge in [0.15, 0.2) is 5.69 Å². The average molecular weight is 486 g/mol. The van der Waals surface area contributed by atoms with E-state index < -0.39 is 11.9 Å². The molecule has 0 spiro atoms. The number of carbonyl (C=O) groups is 2. The number of H-pyrrole nitrogens is 1. The highest BCUT2D eigenvalue weighted by molar-refractivity contribution is 6.03. The van der Waals surface area contributed by atoms with Crippen molar-refractivity contribution < 1.29 is 23.8 Å². The topological polar surface area (TPSA) is 107 Å². The average Bonchev–Trinajstić information content (AvgIpc) is 3.17. The molecule has 36 heavy (non-hydrogen) atoms. The normalized spacial score (nSPS) is 10.7. The molecule has 3 aromatic carbocycles. The van der Waals surface area contributed by atoms with Crippen LogP contribution in [0, 0.1) is 26.0 Å². The van der Waals surface area contributed by atoms with Crippen molar-refractivity contribution >= 4 is 17.6 Å². The highest BCUT2D eigenvalue weighted by atomic mass is 16.5. The van der Waals surface area contributed by atoms with Crippen molar-refractivity contribution in [3.05, 3.63) is 93.9 Å². The lowest BCUT2D eigenvalue weighted by molar-refractivity contribution is -0.594. The first-order chi connectivity index (χ1) is 17.2. The molecular formula is C28H27N3O5. The first-order valence-corrected chi connectivity index (χ1v) is 11.3. The number of benzene rings is 3. The third-order valence-corrected chi connectivity index (χ3v) is 6.05. The molecule has 0 fully saturated rings. The quantitative estimate of drug-likeness (QED) is 0.228. The van der Waals surface area contributed by atoms with Crippen molar-refractivity contribution in [1.82, 2.24) is 4.98 Å². The van der Waals surface area contributed by atoms with Crippen molar-refractivity contribution in [1.29, 1.82) is 0 Å². The Labute approximate surface area is 209 Å². The molecule has 8 heteroatoms. The third-order valence-electron chi connectivity index (χ3n) is 6.05. The summed E-state index contributed by atoms with van der Waals surface area (Å²) in [6, 6.07) is 17.8. The van der Waals surface area contributed by atoms with Gasteiger partial charge >= 0.3 is 5.97 Å². The van der Waals surface area contributed by atoms with E-state index in [1.807, 2.05) is 44.2 Å². The number of hydrogen-bond acceptors (Lipinski definition) is 5. The SMILES string of the molecule is COC(=O)c1cccc(NC(=O)c2c(C)[nH]c(-c3ccc(OC)c(-c4c(C)cccc4C)c3)[n+]2[O-])c1. The summed E-state index contributed by atoms with van der Waals surface area (Å²) in [7, 11) is 2.89. The second-order valence-corrected chi connectivity index (χ2v) is 8.45. The number of aromatic nitrogens is 2. The van der Waals surface area contributed by atoms with Crippen LogP contribution in [0.25, 0.3) is 22.5 Å². The summed E-state index contributed by atoms with van der Waals surface area (Å²) in [6.07, 6.45) is 0. The second kappa shape index (κ2) is 9.95. The van der Waals surface area contributed by atoms with E-state index in [-0.39, 0.29) is 17.1 Å². The molecular weight excluding hydrogens is 458 g/mol. The van der Waals surface area contributed by atoms with Gasteiger partial charge in [-0.1, -0.05) is 24.3 Å². The van der Waals surface area contributed by atoms with Crippen LogP contribution in [-0.4, -0.2) is 31.1 Å².